The highest BCUT2D eigenvalue weighted by atomic mass is 32.1. The smallest absolute Gasteiger partial charge is 0.156 e. The van der Waals surface area contributed by atoms with E-state index in [1.807, 2.05) is 65.3 Å². The highest BCUT2D eigenvalue weighted by Crippen LogP contribution is 2.34. The van der Waals surface area contributed by atoms with E-state index in [1.165, 1.54) is 55.9 Å². The Balaban J connectivity index is 0.000000143. The summed E-state index contributed by atoms with van der Waals surface area (Å²) in [7, 11) is 0. The van der Waals surface area contributed by atoms with Crippen LogP contribution in [0.2, 0.25) is 0 Å². The SMILES string of the molecule is CC(C)(C)c1c(F)cc2scnc2c1F.CC(C)(C)c1cc2ncsc2cc1F.CC(C)(C)c1ccc2scnc2c1.CC(C)(C)c1ccc2scnc2c1F. The van der Waals surface area contributed by atoms with Crippen molar-refractivity contribution in [3.8, 4) is 0 Å². The minimum atomic E-state index is -0.550. The number of rotatable bonds is 0. The summed E-state index contributed by atoms with van der Waals surface area (Å²) in [6.45, 7) is 24.0. The highest BCUT2D eigenvalue weighted by Gasteiger charge is 2.26. The predicted octanol–water partition coefficient (Wildman–Crippen LogP) is 14.9. The van der Waals surface area contributed by atoms with Gasteiger partial charge in [0.15, 0.2) is 11.6 Å². The van der Waals surface area contributed by atoms with Crippen molar-refractivity contribution in [2.45, 2.75) is 105 Å². The fourth-order valence-electron chi connectivity index (χ4n) is 5.88. The Kier molecular flexibility index (Phi) is 12.8. The van der Waals surface area contributed by atoms with Gasteiger partial charge in [0.1, 0.15) is 22.7 Å². The molecule has 0 aliphatic carbocycles. The molecule has 0 atom stereocenters. The summed E-state index contributed by atoms with van der Waals surface area (Å²) < 4.78 is 58.9. The van der Waals surface area contributed by atoms with Crippen LogP contribution in [0.3, 0.4) is 0 Å². The molecule has 12 heteroatoms. The Labute approximate surface area is 342 Å². The van der Waals surface area contributed by atoms with Gasteiger partial charge in [0, 0.05) is 5.56 Å². The summed E-state index contributed by atoms with van der Waals surface area (Å²) in [6, 6.07) is 15.1. The molecular weight excluding hydrogens is 789 g/mol. The Hall–Kier alpha value is -3.84. The zero-order valence-electron chi connectivity index (χ0n) is 33.9. The van der Waals surface area contributed by atoms with Gasteiger partial charge in [0.25, 0.3) is 0 Å². The second-order valence-corrected chi connectivity index (χ2v) is 21.1. The third-order valence-corrected chi connectivity index (χ3v) is 12.1. The van der Waals surface area contributed by atoms with E-state index in [1.54, 1.807) is 49.2 Å². The number of aromatic nitrogens is 4. The van der Waals surface area contributed by atoms with Crippen molar-refractivity contribution in [1.29, 1.82) is 0 Å². The second kappa shape index (κ2) is 16.6. The van der Waals surface area contributed by atoms with Gasteiger partial charge in [-0.1, -0.05) is 95.2 Å². The largest absolute Gasteiger partial charge is 0.245 e. The lowest BCUT2D eigenvalue weighted by Gasteiger charge is -2.20. The number of halogens is 4. The topological polar surface area (TPSA) is 51.6 Å². The van der Waals surface area contributed by atoms with Gasteiger partial charge in [-0.05, 0) is 74.7 Å². The number of thiazole rings is 4. The highest BCUT2D eigenvalue weighted by molar-refractivity contribution is 7.17. The molecule has 8 rings (SSSR count). The normalized spacial score (nSPS) is 12.3. The van der Waals surface area contributed by atoms with Crippen LogP contribution in [0.1, 0.15) is 105 Å². The lowest BCUT2D eigenvalue weighted by Crippen LogP contribution is -2.16. The quantitative estimate of drug-likeness (QED) is 0.143. The van der Waals surface area contributed by atoms with Crippen LogP contribution >= 0.6 is 45.3 Å². The van der Waals surface area contributed by atoms with E-state index in [0.29, 0.717) is 10.2 Å². The lowest BCUT2D eigenvalue weighted by molar-refractivity contribution is 0.480. The van der Waals surface area contributed by atoms with E-state index in [0.717, 1.165) is 31.6 Å². The fourth-order valence-corrected chi connectivity index (χ4v) is 8.59. The molecule has 0 saturated heterocycles. The molecular formula is C44H48F4N4S4. The van der Waals surface area contributed by atoms with Crippen LogP contribution in [-0.4, -0.2) is 19.9 Å². The molecule has 4 aromatic heterocycles. The Morgan fingerprint density at radius 2 is 0.893 bits per heavy atom. The summed E-state index contributed by atoms with van der Waals surface area (Å²) in [5.41, 5.74) is 11.9. The first-order chi connectivity index (χ1) is 26.0. The molecule has 0 unspecified atom stereocenters. The third kappa shape index (κ3) is 9.99. The van der Waals surface area contributed by atoms with Crippen LogP contribution < -0.4 is 0 Å². The van der Waals surface area contributed by atoms with Crippen LogP contribution in [0, 0.1) is 23.3 Å². The van der Waals surface area contributed by atoms with Gasteiger partial charge in [-0.15, -0.1) is 45.3 Å². The van der Waals surface area contributed by atoms with E-state index < -0.39 is 17.0 Å². The Morgan fingerprint density at radius 3 is 1.46 bits per heavy atom. The molecule has 8 aromatic rings. The van der Waals surface area contributed by atoms with Crippen molar-refractivity contribution in [2.24, 2.45) is 0 Å². The van der Waals surface area contributed by atoms with Crippen molar-refractivity contribution in [2.75, 3.05) is 0 Å². The summed E-state index contributed by atoms with van der Waals surface area (Å²) in [4.78, 5) is 16.4. The Bertz CT molecular complexity index is 2580. The maximum Gasteiger partial charge on any atom is 0.156 e. The predicted molar refractivity (Wildman–Crippen MR) is 233 cm³/mol. The maximum absolute atomic E-state index is 14.0. The first kappa shape index (κ1) is 43.3. The summed E-state index contributed by atoms with van der Waals surface area (Å²) in [6.07, 6.45) is 0. The average Bonchev–Trinajstić information content (AvgIpc) is 3.90. The molecule has 4 heterocycles. The zero-order valence-corrected chi connectivity index (χ0v) is 37.1. The molecule has 4 nitrogen and oxygen atoms in total. The number of benzene rings is 4. The fraction of sp³-hybridized carbons (Fsp3) is 0.364. The van der Waals surface area contributed by atoms with Crippen LogP contribution in [0.4, 0.5) is 17.6 Å². The summed E-state index contributed by atoms with van der Waals surface area (Å²) in [5, 5.41) is 0. The zero-order chi connectivity index (χ0) is 41.4. The molecule has 4 aromatic carbocycles. The van der Waals surface area contributed by atoms with E-state index >= 15 is 0 Å². The van der Waals surface area contributed by atoms with Crippen molar-refractivity contribution in [1.82, 2.24) is 19.9 Å². The number of hydrogen-bond acceptors (Lipinski definition) is 8. The molecule has 0 aliphatic rings. The van der Waals surface area contributed by atoms with Crippen molar-refractivity contribution in [3.63, 3.8) is 0 Å². The van der Waals surface area contributed by atoms with Gasteiger partial charge in [-0.3, -0.25) is 0 Å². The average molecular weight is 837 g/mol. The van der Waals surface area contributed by atoms with Crippen LogP contribution in [0.15, 0.2) is 70.6 Å². The maximum atomic E-state index is 14.0. The van der Waals surface area contributed by atoms with Gasteiger partial charge < -0.3 is 0 Å². The molecule has 0 N–H and O–H groups in total. The molecule has 0 radical (unpaired) electrons. The van der Waals surface area contributed by atoms with E-state index in [2.05, 4.69) is 58.9 Å². The molecule has 0 spiro atoms. The third-order valence-electron chi connectivity index (χ3n) is 8.94. The van der Waals surface area contributed by atoms with Gasteiger partial charge in [-0.25, -0.2) is 37.5 Å². The van der Waals surface area contributed by atoms with Crippen molar-refractivity contribution >= 4 is 86.2 Å². The second-order valence-electron chi connectivity index (χ2n) is 17.6. The molecule has 296 valence electrons. The monoisotopic (exact) mass is 836 g/mol. The van der Waals surface area contributed by atoms with Gasteiger partial charge in [0.05, 0.1) is 51.9 Å². The molecule has 0 amide bonds. The molecule has 56 heavy (non-hydrogen) atoms. The van der Waals surface area contributed by atoms with E-state index in [4.69, 9.17) is 0 Å². The summed E-state index contributed by atoms with van der Waals surface area (Å²) in [5.74, 6) is -1.32. The van der Waals surface area contributed by atoms with Crippen molar-refractivity contribution in [3.05, 3.63) is 116 Å². The van der Waals surface area contributed by atoms with Crippen LogP contribution in [-0.2, 0) is 21.7 Å². The Morgan fingerprint density at radius 1 is 0.411 bits per heavy atom. The van der Waals surface area contributed by atoms with E-state index in [9.17, 15) is 17.6 Å². The lowest BCUT2D eigenvalue weighted by atomic mass is 9.86. The molecule has 0 fully saturated rings. The first-order valence-corrected chi connectivity index (χ1v) is 21.6. The van der Waals surface area contributed by atoms with E-state index in [-0.39, 0.29) is 39.0 Å². The standard InChI is InChI=1S/C11H11F2NS.2C11H12FNS.C11H13NS/c1-11(2,3)8-6(12)4-7-10(9(8)13)14-5-15-7;1-11(2,3)7-4-9-10(5-8(7)12)14-6-13-9;1-11(2,3)7-4-5-8-10(9(7)12)13-6-14-8;1-11(2,3)8-4-5-10-9(6-8)12-7-13-10/h4-5H,1-3H3;2*4-6H,1-3H3;4-7H,1-3H3. The van der Waals surface area contributed by atoms with Gasteiger partial charge >= 0.3 is 0 Å². The first-order valence-electron chi connectivity index (χ1n) is 18.1. The van der Waals surface area contributed by atoms with Crippen molar-refractivity contribution < 1.29 is 17.6 Å². The van der Waals surface area contributed by atoms with Gasteiger partial charge in [-0.2, -0.15) is 0 Å². The summed E-state index contributed by atoms with van der Waals surface area (Å²) >= 11 is 5.88. The van der Waals surface area contributed by atoms with Gasteiger partial charge in [0.2, 0.25) is 0 Å². The van der Waals surface area contributed by atoms with Crippen LogP contribution in [0.25, 0.3) is 40.9 Å². The molecule has 0 bridgehead atoms. The number of fused-ring (bicyclic) bond motifs is 4. The molecule has 0 saturated carbocycles. The minimum absolute atomic E-state index is 0.112. The minimum Gasteiger partial charge on any atom is -0.245 e. The van der Waals surface area contributed by atoms with Crippen LogP contribution in [0.5, 0.6) is 0 Å². The number of nitrogens with zero attached hydrogens (tertiary/aromatic N) is 4. The molecule has 0 aliphatic heterocycles. The number of hydrogen-bond donors (Lipinski definition) is 0.